The molecular weight excluding hydrogens is 651 g/mol. The van der Waals surface area contributed by atoms with Crippen molar-refractivity contribution in [1.29, 1.82) is 0 Å². The van der Waals surface area contributed by atoms with Crippen LogP contribution in [-0.2, 0) is 5.41 Å². The molecule has 1 aliphatic carbocycles. The monoisotopic (exact) mass is 683 g/mol. The second-order valence-electron chi connectivity index (χ2n) is 14.1. The minimum Gasteiger partial charge on any atom is -0.264 e. The summed E-state index contributed by atoms with van der Waals surface area (Å²) in [6, 6.07) is 54.4. The third-order valence-electron chi connectivity index (χ3n) is 10.6. The Morgan fingerprint density at radius 1 is 0.481 bits per heavy atom. The molecule has 3 aromatic heterocycles. The summed E-state index contributed by atoms with van der Waals surface area (Å²) in [5.41, 5.74) is 14.4. The Balaban J connectivity index is 1.11. The molecule has 0 fully saturated rings. The molecule has 0 saturated carbocycles. The number of rotatable bonds is 5. The molecule has 0 bridgehead atoms. The first-order valence-corrected chi connectivity index (χ1v) is 18.5. The lowest BCUT2D eigenvalue weighted by atomic mass is 9.80. The summed E-state index contributed by atoms with van der Waals surface area (Å²) < 4.78 is 2.64. The number of fused-ring (bicyclic) bond motifs is 6. The van der Waals surface area contributed by atoms with Crippen LogP contribution < -0.4 is 0 Å². The van der Waals surface area contributed by atoms with Crippen molar-refractivity contribution in [3.63, 3.8) is 0 Å². The predicted octanol–water partition coefficient (Wildman–Crippen LogP) is 12.9. The van der Waals surface area contributed by atoms with Crippen LogP contribution >= 0.6 is 11.3 Å². The van der Waals surface area contributed by atoms with Crippen molar-refractivity contribution in [3.8, 4) is 67.3 Å². The van der Waals surface area contributed by atoms with Gasteiger partial charge in [0.05, 0.1) is 11.4 Å². The summed E-state index contributed by atoms with van der Waals surface area (Å²) >= 11 is 1.87. The normalized spacial score (nSPS) is 13.0. The fourth-order valence-electron chi connectivity index (χ4n) is 8.01. The van der Waals surface area contributed by atoms with Gasteiger partial charge < -0.3 is 0 Å². The summed E-state index contributed by atoms with van der Waals surface area (Å²) in [6.45, 7) is 4.59. The van der Waals surface area contributed by atoms with Gasteiger partial charge >= 0.3 is 0 Å². The van der Waals surface area contributed by atoms with E-state index < -0.39 is 0 Å². The van der Waals surface area contributed by atoms with Crippen molar-refractivity contribution in [2.75, 3.05) is 0 Å². The van der Waals surface area contributed by atoms with Crippen LogP contribution in [0.4, 0.5) is 0 Å². The third-order valence-corrected chi connectivity index (χ3v) is 11.8. The smallest absolute Gasteiger partial charge is 0.160 e. The van der Waals surface area contributed by atoms with Crippen molar-refractivity contribution >= 4 is 31.5 Å². The van der Waals surface area contributed by atoms with Crippen molar-refractivity contribution in [2.24, 2.45) is 0 Å². The lowest BCUT2D eigenvalue weighted by Gasteiger charge is -2.24. The minimum atomic E-state index is -0.260. The van der Waals surface area contributed by atoms with Gasteiger partial charge in [-0.15, -0.1) is 11.3 Å². The van der Waals surface area contributed by atoms with Gasteiger partial charge in [0, 0.05) is 65.8 Å². The van der Waals surface area contributed by atoms with E-state index in [1.807, 2.05) is 29.8 Å². The quantitative estimate of drug-likeness (QED) is 0.181. The lowest BCUT2D eigenvalue weighted by molar-refractivity contribution is 0.658. The van der Waals surface area contributed by atoms with Crippen molar-refractivity contribution in [1.82, 2.24) is 15.0 Å². The molecule has 9 aromatic rings. The van der Waals surface area contributed by atoms with E-state index in [9.17, 15) is 0 Å². The number of hydrogen-bond acceptors (Lipinski definition) is 4. The molecule has 0 saturated heterocycles. The van der Waals surface area contributed by atoms with Crippen LogP contribution in [0.15, 0.2) is 164 Å². The highest BCUT2D eigenvalue weighted by atomic mass is 32.1. The highest BCUT2D eigenvalue weighted by molar-refractivity contribution is 7.26. The first-order valence-electron chi connectivity index (χ1n) is 17.7. The van der Waals surface area contributed by atoms with Gasteiger partial charge in [0.1, 0.15) is 0 Å². The van der Waals surface area contributed by atoms with Crippen LogP contribution in [0.5, 0.6) is 0 Å². The van der Waals surface area contributed by atoms with E-state index in [2.05, 4.69) is 164 Å². The van der Waals surface area contributed by atoms with E-state index in [0.717, 1.165) is 50.6 Å². The largest absolute Gasteiger partial charge is 0.264 e. The summed E-state index contributed by atoms with van der Waals surface area (Å²) in [7, 11) is 0. The Bertz CT molecular complexity index is 2830. The Kier molecular flexibility index (Phi) is 7.02. The zero-order valence-corrected chi connectivity index (χ0v) is 29.7. The fraction of sp³-hybridized carbons (Fsp3) is 0.0625. The molecule has 0 aliphatic heterocycles. The minimum absolute atomic E-state index is 0.260. The average Bonchev–Trinajstić information content (AvgIpc) is 3.70. The Morgan fingerprint density at radius 2 is 1.08 bits per heavy atom. The SMILES string of the molecule is CC1(C)c2ccccc2-c2nc(-c3cccc(-c4cccc(-c5cccc6c5sc5ccccc56)c4)c3)nc(-c3cccc(-c4cccnc4)c3)c21. The number of aromatic nitrogens is 3. The number of benzene rings is 6. The molecule has 0 atom stereocenters. The molecule has 10 rings (SSSR count). The molecule has 0 unspecified atom stereocenters. The lowest BCUT2D eigenvalue weighted by Crippen LogP contribution is -2.17. The molecule has 0 spiro atoms. The van der Waals surface area contributed by atoms with Crippen molar-refractivity contribution in [2.45, 2.75) is 19.3 Å². The number of nitrogens with zero attached hydrogens (tertiary/aromatic N) is 3. The average molecular weight is 684 g/mol. The van der Waals surface area contributed by atoms with Gasteiger partial charge in [-0.25, -0.2) is 9.97 Å². The third kappa shape index (κ3) is 4.90. The van der Waals surface area contributed by atoms with E-state index in [-0.39, 0.29) is 5.41 Å². The maximum absolute atomic E-state index is 5.43. The van der Waals surface area contributed by atoms with E-state index in [1.54, 1.807) is 0 Å². The first kappa shape index (κ1) is 30.6. The summed E-state index contributed by atoms with van der Waals surface area (Å²) in [4.78, 5) is 15.2. The zero-order valence-electron chi connectivity index (χ0n) is 28.8. The van der Waals surface area contributed by atoms with Crippen LogP contribution in [0.3, 0.4) is 0 Å². The molecule has 0 amide bonds. The topological polar surface area (TPSA) is 38.7 Å². The molecule has 6 aromatic carbocycles. The maximum atomic E-state index is 5.43. The zero-order chi connectivity index (χ0) is 34.8. The predicted molar refractivity (Wildman–Crippen MR) is 217 cm³/mol. The number of pyridine rings is 1. The van der Waals surface area contributed by atoms with Gasteiger partial charge in [0.25, 0.3) is 0 Å². The van der Waals surface area contributed by atoms with E-state index in [1.165, 1.54) is 48.0 Å². The Labute approximate surface area is 307 Å². The van der Waals surface area contributed by atoms with Crippen LogP contribution in [0.1, 0.15) is 25.0 Å². The molecule has 52 heavy (non-hydrogen) atoms. The number of thiophene rings is 1. The van der Waals surface area contributed by atoms with Crippen LogP contribution in [0, 0.1) is 0 Å². The number of hydrogen-bond donors (Lipinski definition) is 0. The molecule has 246 valence electrons. The van der Waals surface area contributed by atoms with E-state index in [4.69, 9.17) is 9.97 Å². The standard InChI is InChI=1S/C48H33N3S/c1-48(2)41-23-5-3-20-40(41)45-43(48)44(34-16-8-14-32(27-34)36-18-11-25-49-29-36)50-47(51-45)35-17-9-13-31(28-35)30-12-7-15-33(26-30)37-21-10-22-39-38-19-4-6-24-42(38)52-46(37)39/h3-29H,1-2H3. The van der Waals surface area contributed by atoms with Crippen LogP contribution in [0.25, 0.3) is 87.5 Å². The molecule has 1 aliphatic rings. The van der Waals surface area contributed by atoms with E-state index in [0.29, 0.717) is 0 Å². The highest BCUT2D eigenvalue weighted by Crippen LogP contribution is 2.51. The maximum Gasteiger partial charge on any atom is 0.160 e. The first-order chi connectivity index (χ1) is 25.5. The summed E-state index contributed by atoms with van der Waals surface area (Å²) in [6.07, 6.45) is 3.73. The molecule has 0 N–H and O–H groups in total. The molecular formula is C48H33N3S. The molecule has 3 heterocycles. The van der Waals surface area contributed by atoms with Crippen molar-refractivity contribution in [3.05, 3.63) is 175 Å². The van der Waals surface area contributed by atoms with E-state index >= 15 is 0 Å². The summed E-state index contributed by atoms with van der Waals surface area (Å²) in [5, 5.41) is 2.63. The summed E-state index contributed by atoms with van der Waals surface area (Å²) in [5.74, 6) is 0.723. The fourth-order valence-corrected chi connectivity index (χ4v) is 9.25. The van der Waals surface area contributed by atoms with Gasteiger partial charge in [0.2, 0.25) is 0 Å². The second kappa shape index (κ2) is 11.9. The Morgan fingerprint density at radius 3 is 1.90 bits per heavy atom. The van der Waals surface area contributed by atoms with Gasteiger partial charge in [-0.2, -0.15) is 0 Å². The van der Waals surface area contributed by atoms with Crippen LogP contribution in [-0.4, -0.2) is 15.0 Å². The molecule has 3 nitrogen and oxygen atoms in total. The van der Waals surface area contributed by atoms with Crippen LogP contribution in [0.2, 0.25) is 0 Å². The Hall–Kier alpha value is -6.23. The highest BCUT2D eigenvalue weighted by Gasteiger charge is 2.40. The van der Waals surface area contributed by atoms with Gasteiger partial charge in [0.15, 0.2) is 5.82 Å². The van der Waals surface area contributed by atoms with Gasteiger partial charge in [-0.1, -0.05) is 135 Å². The van der Waals surface area contributed by atoms with Gasteiger partial charge in [-0.3, -0.25) is 4.98 Å². The second-order valence-corrected chi connectivity index (χ2v) is 15.1. The molecule has 4 heteroatoms. The van der Waals surface area contributed by atoms with Crippen molar-refractivity contribution < 1.29 is 0 Å². The molecule has 0 radical (unpaired) electrons. The van der Waals surface area contributed by atoms with Gasteiger partial charge in [-0.05, 0) is 63.7 Å².